The number of hydrogen-bond donors (Lipinski definition) is 2. The lowest BCUT2D eigenvalue weighted by Crippen LogP contribution is -2.14. The van der Waals surface area contributed by atoms with Crippen LogP contribution in [-0.2, 0) is 0 Å². The Balaban J connectivity index is 1.90. The molecule has 21 heavy (non-hydrogen) atoms. The van der Waals surface area contributed by atoms with Gasteiger partial charge in [0.15, 0.2) is 11.6 Å². The Labute approximate surface area is 123 Å². The van der Waals surface area contributed by atoms with Gasteiger partial charge in [0.25, 0.3) is 5.91 Å². The maximum atomic E-state index is 13.2. The smallest absolute Gasteiger partial charge is 0.257 e. The molecular formula is C15H10F2N2OS. The fourth-order valence-corrected chi connectivity index (χ4v) is 2.77. The number of thiophene rings is 1. The molecule has 1 aromatic heterocycles. The van der Waals surface area contributed by atoms with Gasteiger partial charge in [-0.15, -0.1) is 11.3 Å². The van der Waals surface area contributed by atoms with Crippen molar-refractivity contribution in [3.63, 3.8) is 0 Å². The molecule has 0 saturated heterocycles. The van der Waals surface area contributed by atoms with E-state index in [0.717, 1.165) is 22.2 Å². The van der Waals surface area contributed by atoms with Gasteiger partial charge in [-0.2, -0.15) is 0 Å². The predicted octanol–water partition coefficient (Wildman–Crippen LogP) is 4.01. The Kier molecular flexibility index (Phi) is 3.31. The molecule has 2 aromatic carbocycles. The summed E-state index contributed by atoms with van der Waals surface area (Å²) in [6, 6.07) is 8.95. The Morgan fingerprint density at radius 1 is 1.10 bits per heavy atom. The summed E-state index contributed by atoms with van der Waals surface area (Å²) in [6.45, 7) is 0. The van der Waals surface area contributed by atoms with Crippen molar-refractivity contribution >= 4 is 38.7 Å². The summed E-state index contributed by atoms with van der Waals surface area (Å²) in [6.07, 6.45) is 0. The second kappa shape index (κ2) is 5.14. The van der Waals surface area contributed by atoms with Gasteiger partial charge in [-0.1, -0.05) is 0 Å². The third-order valence-corrected chi connectivity index (χ3v) is 3.95. The molecule has 3 N–H and O–H groups in total. The number of halogens is 2. The van der Waals surface area contributed by atoms with Crippen molar-refractivity contribution in [1.29, 1.82) is 0 Å². The Morgan fingerprint density at radius 2 is 1.86 bits per heavy atom. The highest BCUT2D eigenvalue weighted by molar-refractivity contribution is 7.17. The number of hydrogen-bond acceptors (Lipinski definition) is 3. The molecule has 0 aliphatic rings. The number of carbonyl (C=O) groups is 1. The number of nitrogens with two attached hydrogens (primary N) is 1. The van der Waals surface area contributed by atoms with Gasteiger partial charge in [-0.3, -0.25) is 4.79 Å². The lowest BCUT2D eigenvalue weighted by atomic mass is 10.1. The van der Waals surface area contributed by atoms with Crippen LogP contribution < -0.4 is 11.1 Å². The molecule has 1 amide bonds. The Bertz CT molecular complexity index is 845. The molecule has 0 aliphatic carbocycles. The average Bonchev–Trinajstić information content (AvgIpc) is 2.90. The van der Waals surface area contributed by atoms with E-state index in [9.17, 15) is 13.6 Å². The second-order valence-electron chi connectivity index (χ2n) is 4.48. The first-order valence-electron chi connectivity index (χ1n) is 6.08. The maximum Gasteiger partial charge on any atom is 0.257 e. The molecule has 0 fully saturated rings. The largest absolute Gasteiger partial charge is 0.398 e. The van der Waals surface area contributed by atoms with E-state index >= 15 is 0 Å². The van der Waals surface area contributed by atoms with E-state index in [2.05, 4.69) is 5.32 Å². The fraction of sp³-hybridized carbons (Fsp3) is 0. The van der Waals surface area contributed by atoms with Gasteiger partial charge in [0.05, 0.1) is 5.56 Å². The molecule has 0 saturated carbocycles. The van der Waals surface area contributed by atoms with E-state index < -0.39 is 17.5 Å². The van der Waals surface area contributed by atoms with Gasteiger partial charge in [0.1, 0.15) is 0 Å². The van der Waals surface area contributed by atoms with Crippen LogP contribution in [0.15, 0.2) is 41.8 Å². The minimum absolute atomic E-state index is 0.0979. The number of carbonyl (C=O) groups excluding carboxylic acids is 1. The minimum Gasteiger partial charge on any atom is -0.398 e. The molecule has 3 nitrogen and oxygen atoms in total. The summed E-state index contributed by atoms with van der Waals surface area (Å²) >= 11 is 1.59. The molecule has 1 heterocycles. The predicted molar refractivity (Wildman–Crippen MR) is 80.5 cm³/mol. The van der Waals surface area contributed by atoms with Crippen molar-refractivity contribution in [3.05, 3.63) is 59.0 Å². The fourth-order valence-electron chi connectivity index (χ4n) is 2.00. The lowest BCUT2D eigenvalue weighted by Gasteiger charge is -2.08. The van der Waals surface area contributed by atoms with E-state index in [0.29, 0.717) is 5.69 Å². The molecule has 3 aromatic rings. The van der Waals surface area contributed by atoms with Gasteiger partial charge in [-0.25, -0.2) is 8.78 Å². The highest BCUT2D eigenvalue weighted by Crippen LogP contribution is 2.25. The van der Waals surface area contributed by atoms with Crippen molar-refractivity contribution in [2.24, 2.45) is 0 Å². The monoisotopic (exact) mass is 304 g/mol. The van der Waals surface area contributed by atoms with Crippen LogP contribution in [0.25, 0.3) is 10.1 Å². The summed E-state index contributed by atoms with van der Waals surface area (Å²) in [4.78, 5) is 12.1. The highest BCUT2D eigenvalue weighted by atomic mass is 32.1. The second-order valence-corrected chi connectivity index (χ2v) is 5.43. The van der Waals surface area contributed by atoms with Crippen molar-refractivity contribution in [3.8, 4) is 0 Å². The summed E-state index contributed by atoms with van der Waals surface area (Å²) in [5.41, 5.74) is 5.91. The third kappa shape index (κ3) is 2.57. The SMILES string of the molecule is Nc1cc(F)c(F)cc1C(=O)Nc1ccc2sccc2c1. The van der Waals surface area contributed by atoms with Gasteiger partial charge < -0.3 is 11.1 Å². The quantitative estimate of drug-likeness (QED) is 0.703. The number of anilines is 2. The minimum atomic E-state index is -1.11. The molecule has 0 unspecified atom stereocenters. The number of rotatable bonds is 2. The summed E-state index contributed by atoms with van der Waals surface area (Å²) < 4.78 is 27.3. The summed E-state index contributed by atoms with van der Waals surface area (Å²) in [7, 11) is 0. The van der Waals surface area contributed by atoms with Crippen LogP contribution in [0.4, 0.5) is 20.2 Å². The van der Waals surface area contributed by atoms with Crippen LogP contribution in [0.2, 0.25) is 0 Å². The van der Waals surface area contributed by atoms with Gasteiger partial charge in [0.2, 0.25) is 0 Å². The molecule has 106 valence electrons. The molecule has 6 heteroatoms. The third-order valence-electron chi connectivity index (χ3n) is 3.05. The maximum absolute atomic E-state index is 13.2. The number of fused-ring (bicyclic) bond motifs is 1. The highest BCUT2D eigenvalue weighted by Gasteiger charge is 2.14. The average molecular weight is 304 g/mol. The molecule has 3 rings (SSSR count). The van der Waals surface area contributed by atoms with Crippen LogP contribution in [-0.4, -0.2) is 5.91 Å². The molecule has 0 radical (unpaired) electrons. The van der Waals surface area contributed by atoms with Crippen LogP contribution >= 0.6 is 11.3 Å². The van der Waals surface area contributed by atoms with Crippen molar-refractivity contribution in [1.82, 2.24) is 0 Å². The zero-order valence-electron chi connectivity index (χ0n) is 10.7. The van der Waals surface area contributed by atoms with E-state index in [-0.39, 0.29) is 11.3 Å². The zero-order valence-corrected chi connectivity index (χ0v) is 11.5. The molecule has 0 bridgehead atoms. The number of nitrogen functional groups attached to an aromatic ring is 1. The topological polar surface area (TPSA) is 55.1 Å². The van der Waals surface area contributed by atoms with Gasteiger partial charge in [-0.05, 0) is 41.1 Å². The van der Waals surface area contributed by atoms with E-state index in [4.69, 9.17) is 5.73 Å². The van der Waals surface area contributed by atoms with Crippen LogP contribution in [0, 0.1) is 11.6 Å². The first kappa shape index (κ1) is 13.5. The van der Waals surface area contributed by atoms with Crippen LogP contribution in [0.1, 0.15) is 10.4 Å². The van der Waals surface area contributed by atoms with Crippen molar-refractivity contribution < 1.29 is 13.6 Å². The van der Waals surface area contributed by atoms with E-state index in [1.165, 1.54) is 0 Å². The van der Waals surface area contributed by atoms with Crippen LogP contribution in [0.3, 0.4) is 0 Å². The number of amides is 1. The number of nitrogens with one attached hydrogen (secondary N) is 1. The van der Waals surface area contributed by atoms with E-state index in [1.807, 2.05) is 17.5 Å². The number of benzene rings is 2. The van der Waals surface area contributed by atoms with Crippen molar-refractivity contribution in [2.75, 3.05) is 11.1 Å². The van der Waals surface area contributed by atoms with Gasteiger partial charge in [0, 0.05) is 22.1 Å². The summed E-state index contributed by atoms with van der Waals surface area (Å²) in [5, 5.41) is 5.57. The Hall–Kier alpha value is -2.47. The zero-order chi connectivity index (χ0) is 15.0. The first-order valence-corrected chi connectivity index (χ1v) is 6.95. The first-order chi connectivity index (χ1) is 10.0. The molecular weight excluding hydrogens is 294 g/mol. The van der Waals surface area contributed by atoms with E-state index in [1.54, 1.807) is 23.5 Å². The lowest BCUT2D eigenvalue weighted by molar-refractivity contribution is 0.102. The van der Waals surface area contributed by atoms with Crippen LogP contribution in [0.5, 0.6) is 0 Å². The summed E-state index contributed by atoms with van der Waals surface area (Å²) in [5.74, 6) is -2.77. The Morgan fingerprint density at radius 3 is 2.67 bits per heavy atom. The van der Waals surface area contributed by atoms with Crippen molar-refractivity contribution in [2.45, 2.75) is 0 Å². The molecule has 0 spiro atoms. The standard InChI is InChI=1S/C15H10F2N2OS/c16-11-6-10(13(18)7-12(11)17)15(20)19-9-1-2-14-8(5-9)3-4-21-14/h1-7H,18H2,(H,19,20). The normalized spacial score (nSPS) is 10.8. The molecule has 0 aliphatic heterocycles. The molecule has 0 atom stereocenters. The van der Waals surface area contributed by atoms with Gasteiger partial charge >= 0.3 is 0 Å².